The first kappa shape index (κ1) is 6.11. The van der Waals surface area contributed by atoms with Crippen molar-refractivity contribution in [2.24, 2.45) is 0 Å². The molecule has 52 valence electrons. The van der Waals surface area contributed by atoms with Crippen molar-refractivity contribution in [3.63, 3.8) is 0 Å². The standard InChI is InChI=1S/C9H6N2/c1-7-6-10-8-4-2-3-5-9(8)11-7/h2,4,6H,1H3. The van der Waals surface area contributed by atoms with Gasteiger partial charge in [-0.15, -0.1) is 0 Å². The maximum Gasteiger partial charge on any atom is 0.139 e. The highest BCUT2D eigenvalue weighted by atomic mass is 14.8. The number of aromatic nitrogens is 2. The van der Waals surface area contributed by atoms with Crippen molar-refractivity contribution in [2.75, 3.05) is 0 Å². The normalized spacial score (nSPS) is 11.7. The van der Waals surface area contributed by atoms with E-state index in [4.69, 9.17) is 0 Å². The van der Waals surface area contributed by atoms with E-state index in [1.54, 1.807) is 12.3 Å². The molecule has 0 fully saturated rings. The number of rotatable bonds is 0. The molecule has 1 aliphatic rings. The van der Waals surface area contributed by atoms with E-state index in [9.17, 15) is 0 Å². The quantitative estimate of drug-likeness (QED) is 0.463. The average molecular weight is 142 g/mol. The van der Waals surface area contributed by atoms with Gasteiger partial charge in [0.1, 0.15) is 5.35 Å². The van der Waals surface area contributed by atoms with Crippen LogP contribution in [0.15, 0.2) is 18.0 Å². The lowest BCUT2D eigenvalue weighted by Gasteiger charge is -1.89. The lowest BCUT2D eigenvalue weighted by atomic mass is 10.3. The zero-order chi connectivity index (χ0) is 7.68. The zero-order valence-corrected chi connectivity index (χ0v) is 6.13. The van der Waals surface area contributed by atoms with Gasteiger partial charge in [-0.25, -0.2) is 4.98 Å². The van der Waals surface area contributed by atoms with Gasteiger partial charge in [0.2, 0.25) is 0 Å². The van der Waals surface area contributed by atoms with Crippen LogP contribution in [0.25, 0.3) is 11.8 Å². The van der Waals surface area contributed by atoms with E-state index >= 15 is 0 Å². The Morgan fingerprint density at radius 3 is 3.27 bits per heavy atom. The van der Waals surface area contributed by atoms with Gasteiger partial charge < -0.3 is 0 Å². The van der Waals surface area contributed by atoms with Gasteiger partial charge in [-0.3, -0.25) is 4.98 Å². The minimum absolute atomic E-state index is 0.785. The smallest absolute Gasteiger partial charge is 0.139 e. The summed E-state index contributed by atoms with van der Waals surface area (Å²) in [6.45, 7) is 1.91. The van der Waals surface area contributed by atoms with Gasteiger partial charge in [0.05, 0.1) is 11.0 Å². The van der Waals surface area contributed by atoms with Gasteiger partial charge in [0, 0.05) is 6.20 Å². The molecule has 1 heterocycles. The van der Waals surface area contributed by atoms with Crippen LogP contribution >= 0.6 is 0 Å². The Kier molecular flexibility index (Phi) is 1.23. The highest BCUT2D eigenvalue weighted by molar-refractivity contribution is 5.40. The van der Waals surface area contributed by atoms with Gasteiger partial charge >= 0.3 is 0 Å². The molecular formula is C9H6N2. The molecule has 1 aromatic heterocycles. The fourth-order valence-corrected chi connectivity index (χ4v) is 0.931. The summed E-state index contributed by atoms with van der Waals surface area (Å²) in [4.78, 5) is 8.39. The number of hydrogen-bond donors (Lipinski definition) is 0. The highest BCUT2D eigenvalue weighted by Crippen LogP contribution is 1.78. The number of hydrogen-bond acceptors (Lipinski definition) is 2. The first-order valence-electron chi connectivity index (χ1n) is 3.38. The summed E-state index contributed by atoms with van der Waals surface area (Å²) >= 11 is 0. The summed E-state index contributed by atoms with van der Waals surface area (Å²) in [6.07, 6.45) is 5.40. The largest absolute Gasteiger partial charge is 0.252 e. The minimum Gasteiger partial charge on any atom is -0.252 e. The van der Waals surface area contributed by atoms with E-state index < -0.39 is 0 Å². The van der Waals surface area contributed by atoms with Crippen molar-refractivity contribution < 1.29 is 0 Å². The molecule has 0 radical (unpaired) electrons. The Balaban J connectivity index is 3.03. The van der Waals surface area contributed by atoms with Gasteiger partial charge in [-0.1, -0.05) is 5.73 Å². The third-order valence-electron chi connectivity index (χ3n) is 1.44. The van der Waals surface area contributed by atoms with Gasteiger partial charge in [-0.2, -0.15) is 0 Å². The average Bonchev–Trinajstić information content (AvgIpc) is 2.04. The van der Waals surface area contributed by atoms with E-state index in [1.165, 1.54) is 0 Å². The van der Waals surface area contributed by atoms with E-state index in [-0.39, 0.29) is 0 Å². The molecule has 0 unspecified atom stereocenters. The van der Waals surface area contributed by atoms with Crippen molar-refractivity contribution >= 4 is 11.8 Å². The summed E-state index contributed by atoms with van der Waals surface area (Å²) in [5, 5.41) is 1.65. The maximum atomic E-state index is 4.23. The Hall–Kier alpha value is -1.62. The molecule has 0 bridgehead atoms. The lowest BCUT2D eigenvalue weighted by molar-refractivity contribution is 1.04. The van der Waals surface area contributed by atoms with Crippen LogP contribution in [0.2, 0.25) is 0 Å². The molecule has 0 spiro atoms. The van der Waals surface area contributed by atoms with Gasteiger partial charge in [-0.05, 0) is 24.8 Å². The zero-order valence-electron chi connectivity index (χ0n) is 6.13. The van der Waals surface area contributed by atoms with Crippen LogP contribution in [0, 0.1) is 6.92 Å². The van der Waals surface area contributed by atoms with Crippen LogP contribution in [0.3, 0.4) is 0 Å². The Labute approximate surface area is 63.9 Å². The van der Waals surface area contributed by atoms with Crippen molar-refractivity contribution in [1.82, 2.24) is 9.97 Å². The van der Waals surface area contributed by atoms with Crippen molar-refractivity contribution in [3.8, 4) is 0 Å². The van der Waals surface area contributed by atoms with E-state index in [2.05, 4.69) is 21.4 Å². The summed E-state index contributed by atoms with van der Waals surface area (Å²) in [7, 11) is 0. The predicted molar refractivity (Wildman–Crippen MR) is 42.0 cm³/mol. The number of fused-ring (bicyclic) bond motifs is 1. The maximum absolute atomic E-state index is 4.23. The Morgan fingerprint density at radius 2 is 2.36 bits per heavy atom. The number of aryl methyl sites for hydroxylation is 1. The molecule has 0 N–H and O–H groups in total. The summed E-state index contributed by atoms with van der Waals surface area (Å²) < 4.78 is 0. The van der Waals surface area contributed by atoms with Crippen LogP contribution in [-0.4, -0.2) is 9.97 Å². The topological polar surface area (TPSA) is 25.8 Å². The van der Waals surface area contributed by atoms with Crippen LogP contribution in [0.1, 0.15) is 5.69 Å². The number of allylic oxidation sites excluding steroid dienone is 1. The molecule has 2 rings (SSSR count). The molecule has 11 heavy (non-hydrogen) atoms. The molecular weight excluding hydrogens is 136 g/mol. The van der Waals surface area contributed by atoms with Gasteiger partial charge in [0.25, 0.3) is 0 Å². The molecule has 0 saturated heterocycles. The molecule has 0 aromatic carbocycles. The second kappa shape index (κ2) is 2.21. The van der Waals surface area contributed by atoms with E-state index in [1.807, 2.05) is 13.0 Å². The lowest BCUT2D eigenvalue weighted by Crippen LogP contribution is -2.31. The van der Waals surface area contributed by atoms with Crippen molar-refractivity contribution in [3.05, 3.63) is 34.4 Å². The molecule has 1 aromatic rings. The van der Waals surface area contributed by atoms with Gasteiger partial charge in [0.15, 0.2) is 0 Å². The van der Waals surface area contributed by atoms with Crippen LogP contribution in [0.5, 0.6) is 0 Å². The SMILES string of the molecule is Cc1cnc2c(n1)=C=C=CC=2. The Morgan fingerprint density at radius 1 is 1.45 bits per heavy atom. The van der Waals surface area contributed by atoms with E-state index in [0.29, 0.717) is 0 Å². The van der Waals surface area contributed by atoms with Crippen LogP contribution in [-0.2, 0) is 0 Å². The fourth-order valence-electron chi connectivity index (χ4n) is 0.931. The molecule has 0 saturated carbocycles. The predicted octanol–water partition coefficient (Wildman–Crippen LogP) is -0.330. The first-order chi connectivity index (χ1) is 5.36. The molecule has 2 nitrogen and oxygen atoms in total. The molecule has 0 amide bonds. The second-order valence-corrected chi connectivity index (χ2v) is 2.35. The third kappa shape index (κ3) is 1.01. The monoisotopic (exact) mass is 142 g/mol. The van der Waals surface area contributed by atoms with Crippen LogP contribution < -0.4 is 10.7 Å². The fraction of sp³-hybridized carbons (Fsp3) is 0.111. The molecule has 2 heteroatoms. The van der Waals surface area contributed by atoms with E-state index in [0.717, 1.165) is 16.4 Å². The second-order valence-electron chi connectivity index (χ2n) is 2.35. The molecule has 1 aliphatic carbocycles. The summed E-state index contributed by atoms with van der Waals surface area (Å²) in [5.41, 5.74) is 6.64. The molecule has 0 aliphatic heterocycles. The van der Waals surface area contributed by atoms with Crippen molar-refractivity contribution in [1.29, 1.82) is 0 Å². The first-order valence-corrected chi connectivity index (χ1v) is 3.38. The van der Waals surface area contributed by atoms with Crippen molar-refractivity contribution in [2.45, 2.75) is 6.92 Å². The number of nitrogens with zero attached hydrogens (tertiary/aromatic N) is 2. The summed E-state index contributed by atoms with van der Waals surface area (Å²) in [5.74, 6) is 0. The van der Waals surface area contributed by atoms with Crippen LogP contribution in [0.4, 0.5) is 0 Å². The highest BCUT2D eigenvalue weighted by Gasteiger charge is 1.89. The summed E-state index contributed by atoms with van der Waals surface area (Å²) in [6, 6.07) is 0. The Bertz CT molecular complexity index is 473. The minimum atomic E-state index is 0.785. The third-order valence-corrected chi connectivity index (χ3v) is 1.44. The molecule has 0 atom stereocenters.